The van der Waals surface area contributed by atoms with Crippen molar-refractivity contribution >= 4 is 24.0 Å². The number of hydrogen-bond donors (Lipinski definition) is 4. The van der Waals surface area contributed by atoms with E-state index in [9.17, 15) is 0 Å². The van der Waals surface area contributed by atoms with Gasteiger partial charge in [-0.2, -0.15) is 0 Å². The Labute approximate surface area is 105 Å². The summed E-state index contributed by atoms with van der Waals surface area (Å²) < 4.78 is 5.20. The number of aromatic amines is 1. The SMILES string of the molecule is COc1ccc2c(c1)NC(S)(c1ccc[nH]1)N2. The fraction of sp³-hybridized carbons (Fsp3) is 0.167. The number of ether oxygens (including phenoxy) is 1. The number of rotatable bonds is 2. The quantitative estimate of drug-likeness (QED) is 0.617. The lowest BCUT2D eigenvalue weighted by Gasteiger charge is -2.23. The van der Waals surface area contributed by atoms with Gasteiger partial charge in [0.25, 0.3) is 0 Å². The number of H-pyrrole nitrogens is 1. The normalized spacial score (nSPS) is 21.5. The first-order valence-corrected chi connectivity index (χ1v) is 5.77. The molecule has 2 heterocycles. The van der Waals surface area contributed by atoms with Crippen LogP contribution in [0.4, 0.5) is 11.4 Å². The third-order valence-electron chi connectivity index (χ3n) is 2.85. The molecule has 1 aromatic heterocycles. The van der Waals surface area contributed by atoms with Crippen molar-refractivity contribution in [3.05, 3.63) is 42.2 Å². The van der Waals surface area contributed by atoms with Gasteiger partial charge < -0.3 is 20.4 Å². The zero-order valence-electron chi connectivity index (χ0n) is 9.32. The van der Waals surface area contributed by atoms with Crippen LogP contribution in [0.2, 0.25) is 0 Å². The molecule has 0 fully saturated rings. The smallest absolute Gasteiger partial charge is 0.196 e. The third kappa shape index (κ3) is 1.63. The van der Waals surface area contributed by atoms with Crippen LogP contribution in [-0.2, 0) is 4.99 Å². The first-order chi connectivity index (χ1) is 8.21. The molecule has 0 aliphatic carbocycles. The van der Waals surface area contributed by atoms with Crippen LogP contribution in [0.15, 0.2) is 36.5 Å². The zero-order chi connectivity index (χ0) is 11.9. The highest BCUT2D eigenvalue weighted by Gasteiger charge is 2.35. The van der Waals surface area contributed by atoms with Gasteiger partial charge in [0.1, 0.15) is 5.75 Å². The maximum absolute atomic E-state index is 5.20. The first kappa shape index (κ1) is 10.4. The van der Waals surface area contributed by atoms with Crippen LogP contribution in [0.1, 0.15) is 5.69 Å². The zero-order valence-corrected chi connectivity index (χ0v) is 10.2. The molecule has 0 bridgehead atoms. The van der Waals surface area contributed by atoms with Crippen molar-refractivity contribution in [3.8, 4) is 5.75 Å². The summed E-state index contributed by atoms with van der Waals surface area (Å²) in [6.07, 6.45) is 1.88. The van der Waals surface area contributed by atoms with Crippen LogP contribution in [0.3, 0.4) is 0 Å². The van der Waals surface area contributed by atoms with E-state index in [0.29, 0.717) is 0 Å². The summed E-state index contributed by atoms with van der Waals surface area (Å²) >= 11 is 4.65. The summed E-state index contributed by atoms with van der Waals surface area (Å²) in [6, 6.07) is 9.77. The molecule has 0 saturated carbocycles. The fourth-order valence-electron chi connectivity index (χ4n) is 1.97. The van der Waals surface area contributed by atoms with Crippen LogP contribution in [-0.4, -0.2) is 12.1 Å². The molecule has 0 saturated heterocycles. The van der Waals surface area contributed by atoms with Gasteiger partial charge >= 0.3 is 0 Å². The van der Waals surface area contributed by atoms with Crippen LogP contribution >= 0.6 is 12.6 Å². The van der Waals surface area contributed by atoms with E-state index in [1.807, 2.05) is 36.5 Å². The lowest BCUT2D eigenvalue weighted by atomic mass is 10.2. The number of nitrogens with one attached hydrogen (secondary N) is 3. The van der Waals surface area contributed by atoms with E-state index in [4.69, 9.17) is 4.74 Å². The highest BCUT2D eigenvalue weighted by atomic mass is 32.1. The molecule has 1 aromatic carbocycles. The molecule has 1 aliphatic heterocycles. The summed E-state index contributed by atoms with van der Waals surface area (Å²) in [5, 5.41) is 6.66. The fourth-order valence-corrected chi connectivity index (χ4v) is 2.35. The predicted molar refractivity (Wildman–Crippen MR) is 71.7 cm³/mol. The van der Waals surface area contributed by atoms with Crippen LogP contribution < -0.4 is 15.4 Å². The lowest BCUT2D eigenvalue weighted by molar-refractivity contribution is 0.415. The Hall–Kier alpha value is -1.75. The van der Waals surface area contributed by atoms with E-state index in [-0.39, 0.29) is 0 Å². The highest BCUT2D eigenvalue weighted by molar-refractivity contribution is 7.81. The van der Waals surface area contributed by atoms with Gasteiger partial charge in [0.2, 0.25) is 0 Å². The molecule has 3 N–H and O–H groups in total. The van der Waals surface area contributed by atoms with Crippen molar-refractivity contribution in [2.75, 3.05) is 17.7 Å². The number of aromatic nitrogens is 1. The Kier molecular flexibility index (Phi) is 2.22. The molecule has 17 heavy (non-hydrogen) atoms. The average molecular weight is 247 g/mol. The molecule has 0 amide bonds. The second kappa shape index (κ2) is 3.63. The number of fused-ring (bicyclic) bond motifs is 1. The average Bonchev–Trinajstić information content (AvgIpc) is 2.94. The number of thiol groups is 1. The third-order valence-corrected chi connectivity index (χ3v) is 3.31. The summed E-state index contributed by atoms with van der Waals surface area (Å²) in [5.41, 5.74) is 2.96. The Balaban J connectivity index is 1.97. The van der Waals surface area contributed by atoms with Gasteiger partial charge in [-0.25, -0.2) is 0 Å². The molecule has 88 valence electrons. The summed E-state index contributed by atoms with van der Waals surface area (Å²) in [6.45, 7) is 0. The molecule has 1 aliphatic rings. The van der Waals surface area contributed by atoms with Crippen molar-refractivity contribution in [3.63, 3.8) is 0 Å². The standard InChI is InChI=1S/C12H13N3OS/c1-16-8-4-5-9-10(7-8)15-12(17,14-9)11-3-2-6-13-11/h2-7,13-15,17H,1H3. The topological polar surface area (TPSA) is 49.1 Å². The second-order valence-corrected chi connectivity index (χ2v) is 4.63. The Morgan fingerprint density at radius 2 is 2.00 bits per heavy atom. The van der Waals surface area contributed by atoms with Crippen molar-refractivity contribution in [2.24, 2.45) is 0 Å². The van der Waals surface area contributed by atoms with Gasteiger partial charge in [-0.1, -0.05) is 0 Å². The number of methoxy groups -OCH3 is 1. The minimum atomic E-state index is -0.599. The highest BCUT2D eigenvalue weighted by Crippen LogP contribution is 2.42. The Bertz CT molecular complexity index is 541. The van der Waals surface area contributed by atoms with Crippen molar-refractivity contribution < 1.29 is 4.74 Å². The lowest BCUT2D eigenvalue weighted by Crippen LogP contribution is -2.32. The van der Waals surface area contributed by atoms with Crippen LogP contribution in [0.5, 0.6) is 5.75 Å². The van der Waals surface area contributed by atoms with Crippen molar-refractivity contribution in [2.45, 2.75) is 4.99 Å². The molecule has 1 unspecified atom stereocenters. The number of anilines is 2. The van der Waals surface area contributed by atoms with Crippen molar-refractivity contribution in [1.82, 2.24) is 4.98 Å². The molecular weight excluding hydrogens is 234 g/mol. The molecule has 2 aromatic rings. The van der Waals surface area contributed by atoms with E-state index in [1.165, 1.54) is 0 Å². The summed E-state index contributed by atoms with van der Waals surface area (Å²) in [5.74, 6) is 0.821. The van der Waals surface area contributed by atoms with E-state index >= 15 is 0 Å². The van der Waals surface area contributed by atoms with Crippen LogP contribution in [0, 0.1) is 0 Å². The Morgan fingerprint density at radius 1 is 1.18 bits per heavy atom. The van der Waals surface area contributed by atoms with E-state index in [2.05, 4.69) is 28.2 Å². The van der Waals surface area contributed by atoms with Crippen molar-refractivity contribution in [1.29, 1.82) is 0 Å². The molecular formula is C12H13N3OS. The maximum Gasteiger partial charge on any atom is 0.196 e. The van der Waals surface area contributed by atoms with Gasteiger partial charge in [-0.15, -0.1) is 12.6 Å². The van der Waals surface area contributed by atoms with Crippen LogP contribution in [0.25, 0.3) is 0 Å². The number of benzene rings is 1. The van der Waals surface area contributed by atoms with Gasteiger partial charge in [0.15, 0.2) is 4.99 Å². The molecule has 0 spiro atoms. The molecule has 3 rings (SSSR count). The van der Waals surface area contributed by atoms with Gasteiger partial charge in [0, 0.05) is 12.3 Å². The van der Waals surface area contributed by atoms with Gasteiger partial charge in [0.05, 0.1) is 24.2 Å². The minimum absolute atomic E-state index is 0.599. The maximum atomic E-state index is 5.20. The summed E-state index contributed by atoms with van der Waals surface area (Å²) in [7, 11) is 1.66. The second-order valence-electron chi connectivity index (χ2n) is 3.96. The van der Waals surface area contributed by atoms with E-state index in [1.54, 1.807) is 7.11 Å². The first-order valence-electron chi connectivity index (χ1n) is 5.32. The monoisotopic (exact) mass is 247 g/mol. The van der Waals surface area contributed by atoms with Gasteiger partial charge in [-0.3, -0.25) is 0 Å². The molecule has 5 heteroatoms. The van der Waals surface area contributed by atoms with E-state index in [0.717, 1.165) is 22.8 Å². The Morgan fingerprint density at radius 3 is 2.71 bits per heavy atom. The van der Waals surface area contributed by atoms with E-state index < -0.39 is 4.99 Å². The number of hydrogen-bond acceptors (Lipinski definition) is 4. The summed E-state index contributed by atoms with van der Waals surface area (Å²) in [4.78, 5) is 2.55. The largest absolute Gasteiger partial charge is 0.497 e. The molecule has 4 nitrogen and oxygen atoms in total. The van der Waals surface area contributed by atoms with Gasteiger partial charge in [-0.05, 0) is 24.3 Å². The molecule has 1 atom stereocenters. The predicted octanol–water partition coefficient (Wildman–Crippen LogP) is 2.60. The minimum Gasteiger partial charge on any atom is -0.497 e. The molecule has 0 radical (unpaired) electrons.